The van der Waals surface area contributed by atoms with Crippen molar-refractivity contribution >= 4 is 16.7 Å². The van der Waals surface area contributed by atoms with E-state index in [4.69, 9.17) is 5.73 Å². The molecule has 0 saturated heterocycles. The summed E-state index contributed by atoms with van der Waals surface area (Å²) >= 11 is 1.38. The van der Waals surface area contributed by atoms with Crippen LogP contribution in [0.15, 0.2) is 6.33 Å². The SMILES string of the molecule is CCC(CCN)Nc1ncns1. The molecule has 1 aromatic heterocycles. The Hall–Kier alpha value is -0.680. The van der Waals surface area contributed by atoms with Gasteiger partial charge in [-0.1, -0.05) is 6.92 Å². The second-order valence-electron chi connectivity index (χ2n) is 2.57. The predicted octanol–water partition coefficient (Wildman–Crippen LogP) is 1.08. The summed E-state index contributed by atoms with van der Waals surface area (Å²) in [4.78, 5) is 4.04. The highest BCUT2D eigenvalue weighted by atomic mass is 32.1. The van der Waals surface area contributed by atoms with Gasteiger partial charge in [-0.15, -0.1) is 0 Å². The Morgan fingerprint density at radius 1 is 1.75 bits per heavy atom. The van der Waals surface area contributed by atoms with Gasteiger partial charge in [0.15, 0.2) is 0 Å². The Bertz CT molecular complexity index is 199. The van der Waals surface area contributed by atoms with Gasteiger partial charge in [0, 0.05) is 17.6 Å². The van der Waals surface area contributed by atoms with Crippen LogP contribution in [-0.2, 0) is 0 Å². The van der Waals surface area contributed by atoms with Crippen molar-refractivity contribution in [2.24, 2.45) is 5.73 Å². The first-order valence-electron chi connectivity index (χ1n) is 4.10. The normalized spacial score (nSPS) is 12.8. The number of nitrogens with two attached hydrogens (primary N) is 1. The Kier molecular flexibility index (Phi) is 3.96. The summed E-state index contributed by atoms with van der Waals surface area (Å²) in [6.07, 6.45) is 3.61. The zero-order valence-electron chi connectivity index (χ0n) is 7.16. The Morgan fingerprint density at radius 2 is 2.58 bits per heavy atom. The van der Waals surface area contributed by atoms with E-state index in [9.17, 15) is 0 Å². The summed E-state index contributed by atoms with van der Waals surface area (Å²) in [5.41, 5.74) is 5.46. The monoisotopic (exact) mass is 186 g/mol. The molecule has 1 heterocycles. The van der Waals surface area contributed by atoms with Crippen molar-refractivity contribution in [1.29, 1.82) is 0 Å². The third-order valence-electron chi connectivity index (χ3n) is 1.70. The number of hydrogen-bond acceptors (Lipinski definition) is 5. The zero-order chi connectivity index (χ0) is 8.81. The van der Waals surface area contributed by atoms with Crippen molar-refractivity contribution in [3.8, 4) is 0 Å². The molecule has 1 aromatic rings. The van der Waals surface area contributed by atoms with Gasteiger partial charge in [-0.25, -0.2) is 4.98 Å². The fourth-order valence-corrected chi connectivity index (χ4v) is 1.50. The number of nitrogens with zero attached hydrogens (tertiary/aromatic N) is 2. The molecule has 0 amide bonds. The molecule has 0 aliphatic rings. The lowest BCUT2D eigenvalue weighted by atomic mass is 10.1. The molecule has 12 heavy (non-hydrogen) atoms. The van der Waals surface area contributed by atoms with Crippen molar-refractivity contribution in [2.75, 3.05) is 11.9 Å². The first-order chi connectivity index (χ1) is 5.86. The number of anilines is 1. The summed E-state index contributed by atoms with van der Waals surface area (Å²) in [6.45, 7) is 2.85. The maximum atomic E-state index is 5.46. The lowest BCUT2D eigenvalue weighted by Crippen LogP contribution is -2.21. The molecule has 0 saturated carbocycles. The van der Waals surface area contributed by atoms with Gasteiger partial charge in [0.1, 0.15) is 6.33 Å². The van der Waals surface area contributed by atoms with Gasteiger partial charge >= 0.3 is 0 Å². The van der Waals surface area contributed by atoms with Crippen molar-refractivity contribution in [3.63, 3.8) is 0 Å². The molecule has 0 aliphatic heterocycles. The lowest BCUT2D eigenvalue weighted by Gasteiger charge is -2.13. The van der Waals surface area contributed by atoms with Gasteiger partial charge in [-0.05, 0) is 19.4 Å². The average molecular weight is 186 g/mol. The molecule has 0 aliphatic carbocycles. The molecule has 3 N–H and O–H groups in total. The van der Waals surface area contributed by atoms with E-state index in [-0.39, 0.29) is 0 Å². The lowest BCUT2D eigenvalue weighted by molar-refractivity contribution is 0.641. The van der Waals surface area contributed by atoms with E-state index in [1.807, 2.05) is 0 Å². The number of hydrogen-bond donors (Lipinski definition) is 2. The molecule has 0 spiro atoms. The van der Waals surface area contributed by atoms with Crippen molar-refractivity contribution in [3.05, 3.63) is 6.33 Å². The van der Waals surface area contributed by atoms with Gasteiger partial charge in [0.2, 0.25) is 5.13 Å². The van der Waals surface area contributed by atoms with E-state index in [1.54, 1.807) is 6.33 Å². The molecule has 1 unspecified atom stereocenters. The highest BCUT2D eigenvalue weighted by Gasteiger charge is 2.05. The molecule has 1 atom stereocenters. The summed E-state index contributed by atoms with van der Waals surface area (Å²) in [7, 11) is 0. The number of aromatic nitrogens is 2. The van der Waals surface area contributed by atoms with Crippen LogP contribution in [0.4, 0.5) is 5.13 Å². The van der Waals surface area contributed by atoms with Gasteiger partial charge in [-0.2, -0.15) is 4.37 Å². The van der Waals surface area contributed by atoms with Crippen molar-refractivity contribution in [1.82, 2.24) is 9.36 Å². The van der Waals surface area contributed by atoms with Crippen LogP contribution in [0.5, 0.6) is 0 Å². The van der Waals surface area contributed by atoms with Crippen LogP contribution in [-0.4, -0.2) is 21.9 Å². The van der Waals surface area contributed by atoms with Crippen LogP contribution in [0.25, 0.3) is 0 Å². The van der Waals surface area contributed by atoms with E-state index < -0.39 is 0 Å². The average Bonchev–Trinajstić information content (AvgIpc) is 2.56. The molecular formula is C7H14N4S. The molecular weight excluding hydrogens is 172 g/mol. The summed E-state index contributed by atoms with van der Waals surface area (Å²) in [5, 5.41) is 4.16. The molecule has 0 fully saturated rings. The second-order valence-corrected chi connectivity index (χ2v) is 3.35. The third-order valence-corrected chi connectivity index (χ3v) is 2.29. The summed E-state index contributed by atoms with van der Waals surface area (Å²) in [5.74, 6) is 0. The van der Waals surface area contributed by atoms with Gasteiger partial charge in [0.25, 0.3) is 0 Å². The van der Waals surface area contributed by atoms with Crippen LogP contribution >= 0.6 is 11.5 Å². The van der Waals surface area contributed by atoms with E-state index in [2.05, 4.69) is 21.6 Å². The molecule has 0 bridgehead atoms. The standard InChI is InChI=1S/C7H14N4S/c1-2-6(3-4-8)11-7-9-5-10-12-7/h5-6H,2-4,8H2,1H3,(H,9,10,11). The number of nitrogens with one attached hydrogen (secondary N) is 1. The fourth-order valence-electron chi connectivity index (χ4n) is 0.991. The minimum Gasteiger partial charge on any atom is -0.358 e. The first kappa shape index (κ1) is 9.41. The van der Waals surface area contributed by atoms with Crippen molar-refractivity contribution in [2.45, 2.75) is 25.8 Å². The van der Waals surface area contributed by atoms with Crippen molar-refractivity contribution < 1.29 is 0 Å². The van der Waals surface area contributed by atoms with Gasteiger partial charge in [0.05, 0.1) is 0 Å². The van der Waals surface area contributed by atoms with Gasteiger partial charge in [-0.3, -0.25) is 0 Å². The zero-order valence-corrected chi connectivity index (χ0v) is 7.97. The van der Waals surface area contributed by atoms with Crippen LogP contribution in [0, 0.1) is 0 Å². The van der Waals surface area contributed by atoms with E-state index in [0.29, 0.717) is 12.6 Å². The molecule has 0 aromatic carbocycles. The Balaban J connectivity index is 2.37. The number of rotatable bonds is 5. The predicted molar refractivity (Wildman–Crippen MR) is 51.3 cm³/mol. The molecule has 5 heteroatoms. The first-order valence-corrected chi connectivity index (χ1v) is 4.87. The maximum Gasteiger partial charge on any atom is 0.202 e. The van der Waals surface area contributed by atoms with E-state index in [0.717, 1.165) is 18.0 Å². The van der Waals surface area contributed by atoms with Crippen LogP contribution in [0.2, 0.25) is 0 Å². The molecule has 1 rings (SSSR count). The Labute approximate surface area is 76.4 Å². The van der Waals surface area contributed by atoms with E-state index >= 15 is 0 Å². The molecule has 68 valence electrons. The fraction of sp³-hybridized carbons (Fsp3) is 0.714. The third kappa shape index (κ3) is 2.75. The summed E-state index contributed by atoms with van der Waals surface area (Å²) in [6, 6.07) is 0.433. The second kappa shape index (κ2) is 5.05. The maximum absolute atomic E-state index is 5.46. The van der Waals surface area contributed by atoms with Crippen LogP contribution in [0.1, 0.15) is 19.8 Å². The quantitative estimate of drug-likeness (QED) is 0.722. The minimum absolute atomic E-state index is 0.433. The Morgan fingerprint density at radius 3 is 3.08 bits per heavy atom. The summed E-state index contributed by atoms with van der Waals surface area (Å²) < 4.78 is 3.91. The highest BCUT2D eigenvalue weighted by Crippen LogP contribution is 2.11. The van der Waals surface area contributed by atoms with Crippen LogP contribution < -0.4 is 11.1 Å². The minimum atomic E-state index is 0.433. The molecule has 4 nitrogen and oxygen atoms in total. The smallest absolute Gasteiger partial charge is 0.202 e. The largest absolute Gasteiger partial charge is 0.358 e. The van der Waals surface area contributed by atoms with Crippen LogP contribution in [0.3, 0.4) is 0 Å². The van der Waals surface area contributed by atoms with Gasteiger partial charge < -0.3 is 11.1 Å². The van der Waals surface area contributed by atoms with E-state index in [1.165, 1.54) is 11.5 Å². The topological polar surface area (TPSA) is 63.8 Å². The highest BCUT2D eigenvalue weighted by molar-refractivity contribution is 7.09. The molecule has 0 radical (unpaired) electrons.